The fourth-order valence-corrected chi connectivity index (χ4v) is 2.65. The predicted octanol–water partition coefficient (Wildman–Crippen LogP) is 1.67. The maximum atomic E-state index is 9.19. The number of anilines is 1. The van der Waals surface area contributed by atoms with E-state index in [0.717, 1.165) is 24.4 Å². The fraction of sp³-hybridized carbons (Fsp3) is 0.692. The molecule has 0 spiro atoms. The van der Waals surface area contributed by atoms with Crippen molar-refractivity contribution in [2.45, 2.75) is 51.1 Å². The lowest BCUT2D eigenvalue weighted by molar-refractivity contribution is 0.523. The highest BCUT2D eigenvalue weighted by Crippen LogP contribution is 2.23. The maximum Gasteiger partial charge on any atom is 0.142 e. The molecule has 0 aliphatic heterocycles. The van der Waals surface area contributed by atoms with Gasteiger partial charge in [0.05, 0.1) is 5.69 Å². The van der Waals surface area contributed by atoms with Crippen molar-refractivity contribution in [3.63, 3.8) is 0 Å². The van der Waals surface area contributed by atoms with E-state index in [2.05, 4.69) is 16.5 Å². The average Bonchev–Trinajstić information content (AvgIpc) is 2.49. The van der Waals surface area contributed by atoms with Gasteiger partial charge in [-0.2, -0.15) is 10.4 Å². The predicted molar refractivity (Wildman–Crippen MR) is 71.1 cm³/mol. The molecular weight excluding hydrogens is 226 g/mol. The molecule has 0 amide bonds. The number of aryl methyl sites for hydroxylation is 2. The molecule has 2 atom stereocenters. The van der Waals surface area contributed by atoms with Gasteiger partial charge in [-0.25, -0.2) is 0 Å². The molecule has 1 aromatic rings. The number of rotatable bonds is 2. The molecule has 0 bridgehead atoms. The van der Waals surface area contributed by atoms with Gasteiger partial charge in [0.25, 0.3) is 0 Å². The van der Waals surface area contributed by atoms with Gasteiger partial charge >= 0.3 is 0 Å². The van der Waals surface area contributed by atoms with Gasteiger partial charge < -0.3 is 11.1 Å². The van der Waals surface area contributed by atoms with Gasteiger partial charge in [-0.3, -0.25) is 4.68 Å². The summed E-state index contributed by atoms with van der Waals surface area (Å²) in [6.07, 6.45) is 5.77. The highest BCUT2D eigenvalue weighted by Gasteiger charge is 2.23. The molecule has 0 radical (unpaired) electrons. The van der Waals surface area contributed by atoms with Crippen molar-refractivity contribution in [3.05, 3.63) is 11.3 Å². The van der Waals surface area contributed by atoms with E-state index >= 15 is 0 Å². The molecule has 1 aromatic heterocycles. The van der Waals surface area contributed by atoms with E-state index < -0.39 is 0 Å². The minimum atomic E-state index is 0.161. The summed E-state index contributed by atoms with van der Waals surface area (Å²) in [5.74, 6) is 0.803. The van der Waals surface area contributed by atoms with Gasteiger partial charge in [0.15, 0.2) is 0 Å². The molecule has 2 unspecified atom stereocenters. The Hall–Kier alpha value is -1.54. The molecule has 3 N–H and O–H groups in total. The van der Waals surface area contributed by atoms with E-state index in [0.29, 0.717) is 5.56 Å². The maximum absolute atomic E-state index is 9.19. The quantitative estimate of drug-likeness (QED) is 0.779. The normalized spacial score (nSPS) is 24.3. The monoisotopic (exact) mass is 247 g/mol. The Balaban J connectivity index is 2.20. The third-order valence-electron chi connectivity index (χ3n) is 3.73. The molecule has 5 nitrogen and oxygen atoms in total. The minimum absolute atomic E-state index is 0.161. The summed E-state index contributed by atoms with van der Waals surface area (Å²) < 4.78 is 1.74. The lowest BCUT2D eigenvalue weighted by Gasteiger charge is -2.23. The van der Waals surface area contributed by atoms with Gasteiger partial charge in [-0.15, -0.1) is 0 Å². The first kappa shape index (κ1) is 12.9. The summed E-state index contributed by atoms with van der Waals surface area (Å²) in [5.41, 5.74) is 7.60. The van der Waals surface area contributed by atoms with Crippen LogP contribution >= 0.6 is 0 Å². The molecule has 1 saturated carbocycles. The lowest BCUT2D eigenvalue weighted by atomic mass is 10.0. The van der Waals surface area contributed by atoms with Gasteiger partial charge in [0.1, 0.15) is 17.5 Å². The SMILES string of the molecule is Cc1nn(C)c(NC2CCCCCC2N)c1C#N. The van der Waals surface area contributed by atoms with Crippen LogP contribution in [0.5, 0.6) is 0 Å². The number of aromatic nitrogens is 2. The van der Waals surface area contributed by atoms with E-state index in [-0.39, 0.29) is 12.1 Å². The zero-order valence-electron chi connectivity index (χ0n) is 11.1. The Bertz CT molecular complexity index is 457. The van der Waals surface area contributed by atoms with Crippen LogP contribution in [-0.4, -0.2) is 21.9 Å². The van der Waals surface area contributed by atoms with Crippen LogP contribution in [0.3, 0.4) is 0 Å². The van der Waals surface area contributed by atoms with E-state index in [9.17, 15) is 5.26 Å². The largest absolute Gasteiger partial charge is 0.365 e. The van der Waals surface area contributed by atoms with E-state index in [1.807, 2.05) is 14.0 Å². The molecular formula is C13H21N5. The molecule has 1 fully saturated rings. The third kappa shape index (κ3) is 2.49. The Morgan fingerprint density at radius 3 is 2.83 bits per heavy atom. The van der Waals surface area contributed by atoms with Gasteiger partial charge in [-0.05, 0) is 19.8 Å². The second-order valence-corrected chi connectivity index (χ2v) is 5.10. The van der Waals surface area contributed by atoms with Gasteiger partial charge in [0.2, 0.25) is 0 Å². The van der Waals surface area contributed by atoms with Crippen molar-refractivity contribution in [1.82, 2.24) is 9.78 Å². The summed E-state index contributed by atoms with van der Waals surface area (Å²) in [4.78, 5) is 0. The van der Waals surface area contributed by atoms with Crippen LogP contribution in [0.1, 0.15) is 43.4 Å². The molecule has 1 aliphatic rings. The fourth-order valence-electron chi connectivity index (χ4n) is 2.65. The lowest BCUT2D eigenvalue weighted by Crippen LogP contribution is -2.39. The number of nitrogens with one attached hydrogen (secondary N) is 1. The third-order valence-corrected chi connectivity index (χ3v) is 3.73. The molecule has 18 heavy (non-hydrogen) atoms. The number of hydrogen-bond donors (Lipinski definition) is 2. The zero-order chi connectivity index (χ0) is 13.1. The molecule has 1 heterocycles. The Morgan fingerprint density at radius 1 is 1.39 bits per heavy atom. The highest BCUT2D eigenvalue weighted by molar-refractivity contribution is 5.55. The number of hydrogen-bond acceptors (Lipinski definition) is 4. The van der Waals surface area contributed by atoms with Crippen molar-refractivity contribution in [2.24, 2.45) is 12.8 Å². The van der Waals surface area contributed by atoms with E-state index in [1.165, 1.54) is 19.3 Å². The van der Waals surface area contributed by atoms with Crippen LogP contribution in [0.4, 0.5) is 5.82 Å². The molecule has 5 heteroatoms. The summed E-state index contributed by atoms with van der Waals surface area (Å²) in [6, 6.07) is 2.62. The average molecular weight is 247 g/mol. The van der Waals surface area contributed by atoms with Crippen molar-refractivity contribution < 1.29 is 0 Å². The second-order valence-electron chi connectivity index (χ2n) is 5.10. The van der Waals surface area contributed by atoms with E-state index in [4.69, 9.17) is 5.73 Å². The van der Waals surface area contributed by atoms with Crippen molar-refractivity contribution in [2.75, 3.05) is 5.32 Å². The first-order chi connectivity index (χ1) is 8.63. The standard InChI is InChI=1S/C13H21N5/c1-9-10(8-14)13(18(2)17-9)16-12-7-5-3-4-6-11(12)15/h11-12,16H,3-7,15H2,1-2H3. The molecule has 98 valence electrons. The van der Waals surface area contributed by atoms with Crippen molar-refractivity contribution in [1.29, 1.82) is 5.26 Å². The molecule has 1 aliphatic carbocycles. The van der Waals surface area contributed by atoms with Crippen LogP contribution in [-0.2, 0) is 7.05 Å². The van der Waals surface area contributed by atoms with E-state index in [1.54, 1.807) is 4.68 Å². The first-order valence-electron chi connectivity index (χ1n) is 6.59. The van der Waals surface area contributed by atoms with Crippen LogP contribution in [0, 0.1) is 18.3 Å². The molecule has 2 rings (SSSR count). The number of nitrogens with two attached hydrogens (primary N) is 1. The summed E-state index contributed by atoms with van der Waals surface area (Å²) in [6.45, 7) is 1.86. The Labute approximate surface area is 108 Å². The topological polar surface area (TPSA) is 79.7 Å². The molecule has 0 aromatic carbocycles. The second kappa shape index (κ2) is 5.40. The number of nitriles is 1. The highest BCUT2D eigenvalue weighted by atomic mass is 15.3. The van der Waals surface area contributed by atoms with Crippen molar-refractivity contribution in [3.8, 4) is 6.07 Å². The van der Waals surface area contributed by atoms with Gasteiger partial charge in [-0.1, -0.05) is 19.3 Å². The van der Waals surface area contributed by atoms with Crippen LogP contribution in [0.15, 0.2) is 0 Å². The number of nitrogens with zero attached hydrogens (tertiary/aromatic N) is 3. The first-order valence-corrected chi connectivity index (χ1v) is 6.59. The van der Waals surface area contributed by atoms with Crippen LogP contribution in [0.25, 0.3) is 0 Å². The minimum Gasteiger partial charge on any atom is -0.365 e. The van der Waals surface area contributed by atoms with Crippen LogP contribution in [0.2, 0.25) is 0 Å². The molecule has 0 saturated heterocycles. The van der Waals surface area contributed by atoms with Crippen LogP contribution < -0.4 is 11.1 Å². The summed E-state index contributed by atoms with van der Waals surface area (Å²) in [5, 5.41) is 16.9. The Kier molecular flexibility index (Phi) is 3.87. The van der Waals surface area contributed by atoms with Crippen molar-refractivity contribution >= 4 is 5.82 Å². The summed E-state index contributed by atoms with van der Waals surface area (Å²) in [7, 11) is 1.86. The summed E-state index contributed by atoms with van der Waals surface area (Å²) >= 11 is 0. The zero-order valence-corrected chi connectivity index (χ0v) is 11.1. The smallest absolute Gasteiger partial charge is 0.142 e. The Morgan fingerprint density at radius 2 is 2.11 bits per heavy atom. The van der Waals surface area contributed by atoms with Gasteiger partial charge in [0, 0.05) is 19.1 Å².